The highest BCUT2D eigenvalue weighted by atomic mass is 19.1. The third kappa shape index (κ3) is 5.87. The lowest BCUT2D eigenvalue weighted by Gasteiger charge is -2.52. The quantitative estimate of drug-likeness (QED) is 0.539. The normalized spacial score (nSPS) is 22.8. The Balaban J connectivity index is 0.000000318. The zero-order valence-electron chi connectivity index (χ0n) is 20.0. The maximum absolute atomic E-state index is 11.9. The first-order valence-corrected chi connectivity index (χ1v) is 12.2. The molecule has 2 aromatic carbocycles. The minimum absolute atomic E-state index is 0.178. The molecule has 1 aliphatic heterocycles. The minimum Gasteiger partial charge on any atom is -0.292 e. The molecule has 0 spiro atoms. The number of benzene rings is 2. The summed E-state index contributed by atoms with van der Waals surface area (Å²) >= 11 is 0. The van der Waals surface area contributed by atoms with Crippen molar-refractivity contribution in [3.05, 3.63) is 83.9 Å². The molecule has 2 heterocycles. The fourth-order valence-corrected chi connectivity index (χ4v) is 5.17. The summed E-state index contributed by atoms with van der Waals surface area (Å²) in [5.74, 6) is -0.178. The van der Waals surface area contributed by atoms with Crippen molar-refractivity contribution >= 4 is 0 Å². The number of hydrogen-bond acceptors (Lipinski definition) is 4. The monoisotopic (exact) mass is 449 g/mol. The fraction of sp³-hybridized carbons (Fsp3) is 0.481. The summed E-state index contributed by atoms with van der Waals surface area (Å²) in [6.07, 6.45) is 6.13. The Morgan fingerprint density at radius 2 is 1.55 bits per heavy atom. The highest BCUT2D eigenvalue weighted by Gasteiger charge is 2.38. The van der Waals surface area contributed by atoms with Crippen molar-refractivity contribution in [3.63, 3.8) is 0 Å². The number of aromatic nitrogens is 3. The molecule has 3 atom stereocenters. The van der Waals surface area contributed by atoms with E-state index in [0.29, 0.717) is 18.1 Å². The van der Waals surface area contributed by atoms with Crippen LogP contribution in [0.1, 0.15) is 57.3 Å². The number of hydrogen-bond donors (Lipinski definition) is 0. The van der Waals surface area contributed by atoms with Gasteiger partial charge in [-0.1, -0.05) is 60.2 Å². The van der Waals surface area contributed by atoms with Crippen LogP contribution in [0, 0.1) is 5.82 Å². The Morgan fingerprint density at radius 1 is 0.939 bits per heavy atom. The molecule has 3 unspecified atom stereocenters. The molecule has 1 saturated heterocycles. The van der Waals surface area contributed by atoms with Gasteiger partial charge < -0.3 is 0 Å². The Labute approximate surface area is 197 Å². The number of rotatable bonds is 5. The Morgan fingerprint density at radius 3 is 2.06 bits per heavy atom. The molecule has 0 amide bonds. The third-order valence-corrected chi connectivity index (χ3v) is 7.04. The van der Waals surface area contributed by atoms with E-state index < -0.39 is 0 Å². The van der Waals surface area contributed by atoms with E-state index in [1.54, 1.807) is 18.2 Å². The van der Waals surface area contributed by atoms with Gasteiger partial charge in [0.15, 0.2) is 0 Å². The van der Waals surface area contributed by atoms with E-state index in [-0.39, 0.29) is 5.82 Å². The summed E-state index contributed by atoms with van der Waals surface area (Å²) in [5.41, 5.74) is 2.48. The highest BCUT2D eigenvalue weighted by molar-refractivity contribution is 5.16. The number of piperazine rings is 1. The van der Waals surface area contributed by atoms with Gasteiger partial charge in [-0.05, 0) is 51.3 Å². The van der Waals surface area contributed by atoms with Crippen LogP contribution in [0.25, 0.3) is 0 Å². The Kier molecular flexibility index (Phi) is 7.89. The maximum Gasteiger partial charge on any atom is 0.123 e. The Bertz CT molecular complexity index is 960. The summed E-state index contributed by atoms with van der Waals surface area (Å²) < 4.78 is 14.0. The summed E-state index contributed by atoms with van der Waals surface area (Å²) in [7, 11) is 0. The molecular weight excluding hydrogens is 413 g/mol. The zero-order valence-corrected chi connectivity index (χ0v) is 20.0. The molecule has 176 valence electrons. The molecule has 0 radical (unpaired) electrons. The van der Waals surface area contributed by atoms with Gasteiger partial charge in [0.05, 0.1) is 24.5 Å². The van der Waals surface area contributed by atoms with Gasteiger partial charge in [-0.25, -0.2) is 9.07 Å². The van der Waals surface area contributed by atoms with Crippen LogP contribution in [0.4, 0.5) is 4.39 Å². The van der Waals surface area contributed by atoms with E-state index in [0.717, 1.165) is 25.7 Å². The summed E-state index contributed by atoms with van der Waals surface area (Å²) in [4.78, 5) is 5.39. The van der Waals surface area contributed by atoms with Crippen molar-refractivity contribution in [2.75, 3.05) is 13.1 Å². The molecule has 0 N–H and O–H groups in total. The first-order chi connectivity index (χ1) is 16.0. The molecule has 6 heteroatoms. The lowest BCUT2D eigenvalue weighted by Crippen LogP contribution is -2.61. The second-order valence-corrected chi connectivity index (χ2v) is 9.46. The first-order valence-electron chi connectivity index (χ1n) is 12.2. The van der Waals surface area contributed by atoms with Crippen LogP contribution in [-0.4, -0.2) is 56.0 Å². The Hall–Kier alpha value is -2.57. The SMILES string of the molecule is CC(c1cnnn1Cc1ccccc1)N1CC(C)N(C2CCC2)C(C)C1.Fc1ccccc1. The van der Waals surface area contributed by atoms with Gasteiger partial charge >= 0.3 is 0 Å². The van der Waals surface area contributed by atoms with E-state index in [2.05, 4.69) is 75.9 Å². The van der Waals surface area contributed by atoms with Gasteiger partial charge in [-0.15, -0.1) is 5.10 Å². The average molecular weight is 450 g/mol. The standard InChI is InChI=1S/C21H31N5.C6H5F/c1-16-13-24(14-17(2)26(16)20-10-7-11-20)18(3)21-12-22-23-25(21)15-19-8-5-4-6-9-19;7-6-4-2-1-3-5-6/h4-6,8-9,12,16-18,20H,7,10-11,13-15H2,1-3H3;1-5H. The van der Waals surface area contributed by atoms with E-state index in [9.17, 15) is 4.39 Å². The molecule has 2 fully saturated rings. The van der Waals surface area contributed by atoms with Gasteiger partial charge in [0, 0.05) is 31.2 Å². The molecule has 5 rings (SSSR count). The van der Waals surface area contributed by atoms with Crippen molar-refractivity contribution < 1.29 is 4.39 Å². The van der Waals surface area contributed by atoms with Crippen LogP contribution in [-0.2, 0) is 6.54 Å². The van der Waals surface area contributed by atoms with Crippen LogP contribution in [0.3, 0.4) is 0 Å². The van der Waals surface area contributed by atoms with Gasteiger partial charge in [0.2, 0.25) is 0 Å². The molecular formula is C27H36FN5. The summed E-state index contributed by atoms with van der Waals surface area (Å²) in [5, 5.41) is 8.57. The summed E-state index contributed by atoms with van der Waals surface area (Å²) in [6.45, 7) is 10.1. The van der Waals surface area contributed by atoms with Crippen LogP contribution in [0.2, 0.25) is 0 Å². The van der Waals surface area contributed by atoms with E-state index in [1.807, 2.05) is 6.20 Å². The van der Waals surface area contributed by atoms with Crippen LogP contribution in [0.5, 0.6) is 0 Å². The predicted molar refractivity (Wildman–Crippen MR) is 130 cm³/mol. The van der Waals surface area contributed by atoms with E-state index >= 15 is 0 Å². The van der Waals surface area contributed by atoms with Crippen molar-refractivity contribution in [1.82, 2.24) is 24.8 Å². The molecule has 2 aliphatic rings. The van der Waals surface area contributed by atoms with Crippen molar-refractivity contribution in [3.8, 4) is 0 Å². The van der Waals surface area contributed by atoms with Crippen molar-refractivity contribution in [2.45, 2.75) is 70.7 Å². The molecule has 0 bridgehead atoms. The molecule has 3 aromatic rings. The van der Waals surface area contributed by atoms with Crippen molar-refractivity contribution in [1.29, 1.82) is 0 Å². The van der Waals surface area contributed by atoms with Crippen LogP contribution < -0.4 is 0 Å². The van der Waals surface area contributed by atoms with Gasteiger partial charge in [-0.3, -0.25) is 9.80 Å². The van der Waals surface area contributed by atoms with Crippen molar-refractivity contribution in [2.24, 2.45) is 0 Å². The second kappa shape index (κ2) is 11.0. The average Bonchev–Trinajstić information content (AvgIpc) is 3.24. The maximum atomic E-state index is 11.9. The van der Waals surface area contributed by atoms with Gasteiger partial charge in [0.1, 0.15) is 5.82 Å². The predicted octanol–water partition coefficient (Wildman–Crippen LogP) is 5.16. The molecule has 5 nitrogen and oxygen atoms in total. The lowest BCUT2D eigenvalue weighted by molar-refractivity contribution is -0.0313. The zero-order chi connectivity index (χ0) is 23.2. The number of halogens is 1. The van der Waals surface area contributed by atoms with Gasteiger partial charge in [-0.2, -0.15) is 0 Å². The fourth-order valence-electron chi connectivity index (χ4n) is 5.17. The smallest absolute Gasteiger partial charge is 0.123 e. The molecule has 1 aliphatic carbocycles. The topological polar surface area (TPSA) is 37.2 Å². The van der Waals surface area contributed by atoms with E-state index in [1.165, 1.54) is 42.7 Å². The van der Waals surface area contributed by atoms with Crippen LogP contribution in [0.15, 0.2) is 66.9 Å². The first kappa shape index (κ1) is 23.6. The lowest BCUT2D eigenvalue weighted by atomic mass is 9.88. The minimum atomic E-state index is -0.178. The van der Waals surface area contributed by atoms with Gasteiger partial charge in [0.25, 0.3) is 0 Å². The molecule has 33 heavy (non-hydrogen) atoms. The highest BCUT2D eigenvalue weighted by Crippen LogP contribution is 2.33. The number of nitrogens with zero attached hydrogens (tertiary/aromatic N) is 5. The second-order valence-electron chi connectivity index (χ2n) is 9.46. The molecule has 1 aromatic heterocycles. The largest absolute Gasteiger partial charge is 0.292 e. The summed E-state index contributed by atoms with van der Waals surface area (Å²) in [6, 6.07) is 20.8. The molecule has 1 saturated carbocycles. The third-order valence-electron chi connectivity index (χ3n) is 7.04. The van der Waals surface area contributed by atoms with E-state index in [4.69, 9.17) is 0 Å². The van der Waals surface area contributed by atoms with Crippen LogP contribution >= 0.6 is 0 Å².